The summed E-state index contributed by atoms with van der Waals surface area (Å²) in [4.78, 5) is 13.2. The summed E-state index contributed by atoms with van der Waals surface area (Å²) in [6.45, 7) is 1.44. The lowest BCUT2D eigenvalue weighted by atomic mass is 10.2. The lowest BCUT2D eigenvalue weighted by Crippen LogP contribution is -2.35. The van der Waals surface area contributed by atoms with E-state index in [0.29, 0.717) is 11.6 Å². The predicted molar refractivity (Wildman–Crippen MR) is 79.6 cm³/mol. The fourth-order valence-electron chi connectivity index (χ4n) is 2.71. The second-order valence-corrected chi connectivity index (χ2v) is 5.67. The van der Waals surface area contributed by atoms with Gasteiger partial charge in [-0.25, -0.2) is 4.68 Å². The van der Waals surface area contributed by atoms with Crippen LogP contribution in [-0.2, 0) is 11.3 Å². The summed E-state index contributed by atoms with van der Waals surface area (Å²) < 4.78 is 1.78. The molecule has 1 aromatic carbocycles. The third-order valence-corrected chi connectivity index (χ3v) is 4.01. The van der Waals surface area contributed by atoms with Crippen LogP contribution in [0, 0.1) is 0 Å². The minimum atomic E-state index is -0.738. The van der Waals surface area contributed by atoms with Crippen LogP contribution >= 0.6 is 11.6 Å². The molecule has 1 aliphatic rings. The first-order valence-electron chi connectivity index (χ1n) is 6.90. The molecule has 1 N–H and O–H groups in total. The molecule has 1 aromatic heterocycles. The molecule has 1 atom stereocenters. The van der Waals surface area contributed by atoms with Crippen molar-refractivity contribution in [3.63, 3.8) is 0 Å². The Morgan fingerprint density at radius 1 is 1.38 bits per heavy atom. The number of nitrogens with zero attached hydrogens (tertiary/aromatic N) is 3. The van der Waals surface area contributed by atoms with Crippen molar-refractivity contribution in [1.29, 1.82) is 0 Å². The maximum atomic E-state index is 11.2. The largest absolute Gasteiger partial charge is 0.480 e. The van der Waals surface area contributed by atoms with E-state index in [1.54, 1.807) is 10.9 Å². The van der Waals surface area contributed by atoms with Gasteiger partial charge in [0, 0.05) is 23.3 Å². The topological polar surface area (TPSA) is 58.4 Å². The molecule has 6 heteroatoms. The third kappa shape index (κ3) is 3.09. The van der Waals surface area contributed by atoms with Crippen molar-refractivity contribution in [3.8, 4) is 5.69 Å². The first-order chi connectivity index (χ1) is 10.1. The highest BCUT2D eigenvalue weighted by molar-refractivity contribution is 6.30. The number of carboxylic acid groups (broad SMARTS) is 1. The van der Waals surface area contributed by atoms with E-state index in [0.717, 1.165) is 30.6 Å². The van der Waals surface area contributed by atoms with Gasteiger partial charge in [0.05, 0.1) is 11.9 Å². The Morgan fingerprint density at radius 3 is 2.86 bits per heavy atom. The van der Waals surface area contributed by atoms with Crippen LogP contribution in [-0.4, -0.2) is 38.3 Å². The van der Waals surface area contributed by atoms with Crippen LogP contribution < -0.4 is 0 Å². The fraction of sp³-hybridized carbons (Fsp3) is 0.333. The number of aliphatic carboxylic acids is 1. The standard InChI is InChI=1S/C15H16ClN3O2/c16-12-3-5-13(6-4-12)19-10-11(8-17-19)9-18-7-1-2-14(18)15(20)21/h3-6,8,10,14H,1-2,7,9H2,(H,20,21)/t14-/m0/s1. The molecule has 0 aliphatic carbocycles. The molecule has 1 fully saturated rings. The summed E-state index contributed by atoms with van der Waals surface area (Å²) in [5.41, 5.74) is 1.94. The molecule has 0 radical (unpaired) electrons. The molecule has 2 heterocycles. The number of hydrogen-bond donors (Lipinski definition) is 1. The number of rotatable bonds is 4. The molecule has 0 amide bonds. The maximum absolute atomic E-state index is 11.2. The van der Waals surface area contributed by atoms with E-state index in [-0.39, 0.29) is 6.04 Å². The number of benzene rings is 1. The Bertz CT molecular complexity index is 639. The first kappa shape index (κ1) is 14.1. The molecule has 1 aliphatic heterocycles. The van der Waals surface area contributed by atoms with E-state index >= 15 is 0 Å². The third-order valence-electron chi connectivity index (χ3n) is 3.76. The number of halogens is 1. The summed E-state index contributed by atoms with van der Waals surface area (Å²) in [6, 6.07) is 7.06. The van der Waals surface area contributed by atoms with Gasteiger partial charge < -0.3 is 5.11 Å². The summed E-state index contributed by atoms with van der Waals surface area (Å²) in [5.74, 6) is -0.738. The van der Waals surface area contributed by atoms with Gasteiger partial charge in [-0.05, 0) is 43.7 Å². The quantitative estimate of drug-likeness (QED) is 0.943. The molecule has 0 unspecified atom stereocenters. The molecule has 3 rings (SSSR count). The molecule has 21 heavy (non-hydrogen) atoms. The van der Waals surface area contributed by atoms with Gasteiger partial charge in [-0.15, -0.1) is 0 Å². The van der Waals surface area contributed by atoms with E-state index in [1.807, 2.05) is 35.4 Å². The average molecular weight is 306 g/mol. The van der Waals surface area contributed by atoms with Crippen LogP contribution in [0.4, 0.5) is 0 Å². The second kappa shape index (κ2) is 5.87. The Balaban J connectivity index is 1.73. The molecule has 5 nitrogen and oxygen atoms in total. The van der Waals surface area contributed by atoms with Crippen LogP contribution in [0.3, 0.4) is 0 Å². The molecule has 1 saturated heterocycles. The summed E-state index contributed by atoms with van der Waals surface area (Å²) in [7, 11) is 0. The zero-order valence-corrected chi connectivity index (χ0v) is 12.2. The molecule has 0 saturated carbocycles. The van der Waals surface area contributed by atoms with Crippen LogP contribution in [0.15, 0.2) is 36.7 Å². The van der Waals surface area contributed by atoms with Gasteiger partial charge in [-0.3, -0.25) is 9.69 Å². The predicted octanol–water partition coefficient (Wildman–Crippen LogP) is 2.57. The highest BCUT2D eigenvalue weighted by atomic mass is 35.5. The molecular weight excluding hydrogens is 290 g/mol. The zero-order valence-electron chi connectivity index (χ0n) is 11.4. The van der Waals surface area contributed by atoms with Crippen molar-refractivity contribution < 1.29 is 9.90 Å². The minimum absolute atomic E-state index is 0.371. The smallest absolute Gasteiger partial charge is 0.320 e. The van der Waals surface area contributed by atoms with Gasteiger partial charge in [0.25, 0.3) is 0 Å². The molecule has 2 aromatic rings. The van der Waals surface area contributed by atoms with Gasteiger partial charge in [0.15, 0.2) is 0 Å². The van der Waals surface area contributed by atoms with Crippen molar-refractivity contribution in [3.05, 3.63) is 47.2 Å². The van der Waals surface area contributed by atoms with Crippen LogP contribution in [0.1, 0.15) is 18.4 Å². The van der Waals surface area contributed by atoms with E-state index < -0.39 is 5.97 Å². The molecule has 0 bridgehead atoms. The van der Waals surface area contributed by atoms with Gasteiger partial charge in [-0.2, -0.15) is 5.10 Å². The van der Waals surface area contributed by atoms with Crippen LogP contribution in [0.5, 0.6) is 0 Å². The lowest BCUT2D eigenvalue weighted by Gasteiger charge is -2.19. The number of carbonyl (C=O) groups is 1. The lowest BCUT2D eigenvalue weighted by molar-refractivity contribution is -0.142. The second-order valence-electron chi connectivity index (χ2n) is 5.24. The van der Waals surface area contributed by atoms with E-state index in [9.17, 15) is 9.90 Å². The minimum Gasteiger partial charge on any atom is -0.480 e. The Labute approximate surface area is 127 Å². The summed E-state index contributed by atoms with van der Waals surface area (Å²) >= 11 is 5.87. The first-order valence-corrected chi connectivity index (χ1v) is 7.27. The van der Waals surface area contributed by atoms with Crippen molar-refractivity contribution in [2.24, 2.45) is 0 Å². The maximum Gasteiger partial charge on any atom is 0.320 e. The Kier molecular flexibility index (Phi) is 3.94. The molecule has 110 valence electrons. The highest BCUT2D eigenvalue weighted by Crippen LogP contribution is 2.21. The van der Waals surface area contributed by atoms with Crippen molar-refractivity contribution >= 4 is 17.6 Å². The zero-order chi connectivity index (χ0) is 14.8. The van der Waals surface area contributed by atoms with Gasteiger partial charge >= 0.3 is 5.97 Å². The normalized spacial score (nSPS) is 19.0. The van der Waals surface area contributed by atoms with E-state index in [4.69, 9.17) is 11.6 Å². The number of aromatic nitrogens is 2. The summed E-state index contributed by atoms with van der Waals surface area (Å²) in [5, 5.41) is 14.2. The van der Waals surface area contributed by atoms with E-state index in [2.05, 4.69) is 5.10 Å². The van der Waals surface area contributed by atoms with Crippen LogP contribution in [0.2, 0.25) is 5.02 Å². The van der Waals surface area contributed by atoms with Crippen LogP contribution in [0.25, 0.3) is 5.69 Å². The molecular formula is C15H16ClN3O2. The number of carboxylic acids is 1. The Morgan fingerprint density at radius 2 is 2.14 bits per heavy atom. The van der Waals surface area contributed by atoms with Gasteiger partial charge in [0.2, 0.25) is 0 Å². The number of likely N-dealkylation sites (tertiary alicyclic amines) is 1. The fourth-order valence-corrected chi connectivity index (χ4v) is 2.83. The van der Waals surface area contributed by atoms with Gasteiger partial charge in [-0.1, -0.05) is 11.6 Å². The average Bonchev–Trinajstić information content (AvgIpc) is 3.09. The van der Waals surface area contributed by atoms with Gasteiger partial charge in [0.1, 0.15) is 6.04 Å². The monoisotopic (exact) mass is 305 g/mol. The van der Waals surface area contributed by atoms with E-state index in [1.165, 1.54) is 0 Å². The van der Waals surface area contributed by atoms with Crippen molar-refractivity contribution in [2.45, 2.75) is 25.4 Å². The Hall–Kier alpha value is -1.85. The van der Waals surface area contributed by atoms with Crippen molar-refractivity contribution in [2.75, 3.05) is 6.54 Å². The SMILES string of the molecule is O=C(O)[C@@H]1CCCN1Cc1cnn(-c2ccc(Cl)cc2)c1. The summed E-state index contributed by atoms with van der Waals surface area (Å²) in [6.07, 6.45) is 5.37. The highest BCUT2D eigenvalue weighted by Gasteiger charge is 2.30. The number of hydrogen-bond acceptors (Lipinski definition) is 3. The molecule has 0 spiro atoms. The van der Waals surface area contributed by atoms with Crippen molar-refractivity contribution in [1.82, 2.24) is 14.7 Å².